The van der Waals surface area contributed by atoms with Crippen molar-refractivity contribution in [3.63, 3.8) is 0 Å². The van der Waals surface area contributed by atoms with Gasteiger partial charge in [-0.2, -0.15) is 4.98 Å². The Bertz CT molecular complexity index is 1170. The maximum atomic E-state index is 12.7. The van der Waals surface area contributed by atoms with Gasteiger partial charge in [0, 0.05) is 10.9 Å². The van der Waals surface area contributed by atoms with Gasteiger partial charge in [0.25, 0.3) is 5.91 Å². The number of carbonyl (C=O) groups excluding carboxylic acids is 1. The van der Waals surface area contributed by atoms with Crippen molar-refractivity contribution < 1.29 is 14.1 Å². The lowest BCUT2D eigenvalue weighted by atomic mass is 10.1. The average molecular weight is 422 g/mol. The molecule has 0 spiro atoms. The molecule has 0 radical (unpaired) electrons. The van der Waals surface area contributed by atoms with Gasteiger partial charge >= 0.3 is 0 Å². The zero-order valence-electron chi connectivity index (χ0n) is 16.3. The Morgan fingerprint density at radius 1 is 1.10 bits per heavy atom. The van der Waals surface area contributed by atoms with Crippen molar-refractivity contribution in [1.82, 2.24) is 15.5 Å². The molecular formula is C23H20ClN3O3. The number of rotatable bonds is 7. The van der Waals surface area contributed by atoms with Crippen molar-refractivity contribution in [2.45, 2.75) is 26.0 Å². The number of nitrogens with zero attached hydrogens (tertiary/aromatic N) is 2. The zero-order chi connectivity index (χ0) is 20.9. The Kier molecular flexibility index (Phi) is 5.95. The van der Waals surface area contributed by atoms with Gasteiger partial charge in [0.1, 0.15) is 5.75 Å². The van der Waals surface area contributed by atoms with Gasteiger partial charge in [0.15, 0.2) is 6.10 Å². The summed E-state index contributed by atoms with van der Waals surface area (Å²) in [7, 11) is 0. The molecule has 0 saturated heterocycles. The molecule has 0 aliphatic rings. The number of aromatic nitrogens is 2. The molecule has 1 amide bonds. The van der Waals surface area contributed by atoms with Crippen molar-refractivity contribution in [2.75, 3.05) is 0 Å². The third-order valence-electron chi connectivity index (χ3n) is 4.68. The van der Waals surface area contributed by atoms with E-state index in [2.05, 4.69) is 15.5 Å². The molecule has 0 aliphatic heterocycles. The van der Waals surface area contributed by atoms with Crippen LogP contribution in [-0.4, -0.2) is 22.2 Å². The molecule has 1 atom stereocenters. The molecular weight excluding hydrogens is 402 g/mol. The number of ether oxygens (including phenoxy) is 1. The first-order chi connectivity index (χ1) is 14.7. The number of benzene rings is 3. The molecule has 4 aromatic rings. The lowest BCUT2D eigenvalue weighted by Crippen LogP contribution is -2.37. The van der Waals surface area contributed by atoms with Crippen LogP contribution in [0, 0.1) is 0 Å². The predicted molar refractivity (Wildman–Crippen MR) is 115 cm³/mol. The van der Waals surface area contributed by atoms with E-state index >= 15 is 0 Å². The molecule has 3 aromatic carbocycles. The standard InChI is InChI=1S/C23H20ClN3O3/c1-2-19(29-20-13-7-9-15-8-3-4-10-16(15)20)23(28)25-14-21-26-22(27-30-21)17-11-5-6-12-18(17)24/h3-13,19H,2,14H2,1H3,(H,25,28)/t19-/m0/s1. The van der Waals surface area contributed by atoms with E-state index in [1.54, 1.807) is 12.1 Å². The largest absolute Gasteiger partial charge is 0.480 e. The van der Waals surface area contributed by atoms with Crippen LogP contribution in [-0.2, 0) is 11.3 Å². The first-order valence-corrected chi connectivity index (χ1v) is 10.0. The summed E-state index contributed by atoms with van der Waals surface area (Å²) in [5, 5.41) is 9.30. The Balaban J connectivity index is 1.42. The number of hydrogen-bond acceptors (Lipinski definition) is 5. The topological polar surface area (TPSA) is 77.2 Å². The predicted octanol–water partition coefficient (Wildman–Crippen LogP) is 5.02. The number of hydrogen-bond donors (Lipinski definition) is 1. The summed E-state index contributed by atoms with van der Waals surface area (Å²) < 4.78 is 11.3. The van der Waals surface area contributed by atoms with E-state index in [1.165, 1.54) is 0 Å². The van der Waals surface area contributed by atoms with Crippen LogP contribution in [0.2, 0.25) is 5.02 Å². The van der Waals surface area contributed by atoms with Crippen molar-refractivity contribution in [1.29, 1.82) is 0 Å². The van der Waals surface area contributed by atoms with Gasteiger partial charge in [-0.15, -0.1) is 0 Å². The summed E-state index contributed by atoms with van der Waals surface area (Å²) in [6, 6.07) is 20.9. The van der Waals surface area contributed by atoms with Crippen LogP contribution >= 0.6 is 11.6 Å². The first kappa shape index (κ1) is 19.9. The summed E-state index contributed by atoms with van der Waals surface area (Å²) in [4.78, 5) is 17.0. The smallest absolute Gasteiger partial charge is 0.261 e. The van der Waals surface area contributed by atoms with Gasteiger partial charge in [-0.1, -0.05) is 72.2 Å². The van der Waals surface area contributed by atoms with Crippen molar-refractivity contribution in [3.05, 3.63) is 77.6 Å². The average Bonchev–Trinajstić information content (AvgIpc) is 3.25. The van der Waals surface area contributed by atoms with Gasteiger partial charge in [0.05, 0.1) is 11.6 Å². The Hall–Kier alpha value is -3.38. The lowest BCUT2D eigenvalue weighted by molar-refractivity contribution is -0.128. The molecule has 0 bridgehead atoms. The van der Waals surface area contributed by atoms with E-state index in [0.29, 0.717) is 34.5 Å². The van der Waals surface area contributed by atoms with Gasteiger partial charge in [-0.3, -0.25) is 4.79 Å². The van der Waals surface area contributed by atoms with E-state index in [9.17, 15) is 4.79 Å². The molecule has 4 rings (SSSR count). The Morgan fingerprint density at radius 2 is 1.87 bits per heavy atom. The van der Waals surface area contributed by atoms with Crippen LogP contribution < -0.4 is 10.1 Å². The third kappa shape index (κ3) is 4.28. The zero-order valence-corrected chi connectivity index (χ0v) is 17.1. The molecule has 1 aromatic heterocycles. The quantitative estimate of drug-likeness (QED) is 0.453. The third-order valence-corrected chi connectivity index (χ3v) is 5.01. The van der Waals surface area contributed by atoms with E-state index < -0.39 is 6.10 Å². The molecule has 6 nitrogen and oxygen atoms in total. The van der Waals surface area contributed by atoms with Gasteiger partial charge in [0.2, 0.25) is 11.7 Å². The normalized spacial score (nSPS) is 11.9. The summed E-state index contributed by atoms with van der Waals surface area (Å²) in [6.07, 6.45) is -0.120. The highest BCUT2D eigenvalue weighted by molar-refractivity contribution is 6.33. The van der Waals surface area contributed by atoms with Crippen LogP contribution in [0.15, 0.2) is 71.3 Å². The fraction of sp³-hybridized carbons (Fsp3) is 0.174. The Morgan fingerprint density at radius 3 is 2.70 bits per heavy atom. The van der Waals surface area contributed by atoms with Crippen LogP contribution in [0.1, 0.15) is 19.2 Å². The van der Waals surface area contributed by atoms with Crippen LogP contribution in [0.4, 0.5) is 0 Å². The van der Waals surface area contributed by atoms with Gasteiger partial charge < -0.3 is 14.6 Å². The monoisotopic (exact) mass is 421 g/mol. The number of halogens is 1. The molecule has 7 heteroatoms. The van der Waals surface area contributed by atoms with E-state index in [-0.39, 0.29) is 12.5 Å². The van der Waals surface area contributed by atoms with E-state index in [1.807, 2.05) is 61.5 Å². The molecule has 0 fully saturated rings. The number of fused-ring (bicyclic) bond motifs is 1. The lowest BCUT2D eigenvalue weighted by Gasteiger charge is -2.18. The van der Waals surface area contributed by atoms with E-state index in [4.69, 9.17) is 20.9 Å². The second kappa shape index (κ2) is 8.97. The first-order valence-electron chi connectivity index (χ1n) is 9.65. The molecule has 1 heterocycles. The van der Waals surface area contributed by atoms with Crippen molar-refractivity contribution >= 4 is 28.3 Å². The summed E-state index contributed by atoms with van der Waals surface area (Å²) in [5.41, 5.74) is 0.672. The van der Waals surface area contributed by atoms with Gasteiger partial charge in [-0.05, 0) is 30.0 Å². The molecule has 1 N–H and O–H groups in total. The van der Waals surface area contributed by atoms with Crippen molar-refractivity contribution in [2.24, 2.45) is 0 Å². The molecule has 0 aliphatic carbocycles. The second-order valence-electron chi connectivity index (χ2n) is 6.70. The maximum absolute atomic E-state index is 12.7. The van der Waals surface area contributed by atoms with Crippen LogP contribution in [0.3, 0.4) is 0 Å². The molecule has 152 valence electrons. The molecule has 0 saturated carbocycles. The SMILES string of the molecule is CC[C@H](Oc1cccc2ccccc12)C(=O)NCc1nc(-c2ccccc2Cl)no1. The highest BCUT2D eigenvalue weighted by atomic mass is 35.5. The molecule has 30 heavy (non-hydrogen) atoms. The van der Waals surface area contributed by atoms with E-state index in [0.717, 1.165) is 10.8 Å². The summed E-state index contributed by atoms with van der Waals surface area (Å²) in [6.45, 7) is 2.00. The van der Waals surface area contributed by atoms with Crippen LogP contribution in [0.5, 0.6) is 5.75 Å². The fourth-order valence-electron chi connectivity index (χ4n) is 3.13. The second-order valence-corrected chi connectivity index (χ2v) is 7.11. The minimum Gasteiger partial charge on any atom is -0.480 e. The highest BCUT2D eigenvalue weighted by Gasteiger charge is 2.20. The van der Waals surface area contributed by atoms with Crippen molar-refractivity contribution in [3.8, 4) is 17.1 Å². The summed E-state index contributed by atoms with van der Waals surface area (Å²) in [5.74, 6) is 1.10. The maximum Gasteiger partial charge on any atom is 0.261 e. The minimum absolute atomic E-state index is 0.103. The summed E-state index contributed by atoms with van der Waals surface area (Å²) >= 11 is 6.17. The number of amides is 1. The number of carbonyl (C=O) groups is 1. The highest BCUT2D eigenvalue weighted by Crippen LogP contribution is 2.27. The Labute approximate surface area is 178 Å². The van der Waals surface area contributed by atoms with Crippen LogP contribution in [0.25, 0.3) is 22.2 Å². The minimum atomic E-state index is -0.637. The fourth-order valence-corrected chi connectivity index (χ4v) is 3.35. The number of nitrogens with one attached hydrogen (secondary N) is 1. The van der Waals surface area contributed by atoms with Gasteiger partial charge in [-0.25, -0.2) is 0 Å². The molecule has 0 unspecified atom stereocenters.